The monoisotopic (exact) mass is 629 g/mol. The van der Waals surface area contributed by atoms with Crippen molar-refractivity contribution in [2.75, 3.05) is 13.7 Å². The first-order valence-electron chi connectivity index (χ1n) is 14.3. The lowest BCUT2D eigenvalue weighted by molar-refractivity contribution is 0.284. The van der Waals surface area contributed by atoms with Gasteiger partial charge in [-0.05, 0) is 91.1 Å². The van der Waals surface area contributed by atoms with E-state index in [2.05, 4.69) is 25.0 Å². The van der Waals surface area contributed by atoms with Crippen molar-refractivity contribution in [1.29, 1.82) is 0 Å². The zero-order chi connectivity index (χ0) is 31.4. The maximum absolute atomic E-state index is 13.8. The van der Waals surface area contributed by atoms with Crippen LogP contribution in [0.3, 0.4) is 0 Å². The zero-order valence-corrected chi connectivity index (χ0v) is 26.7. The van der Waals surface area contributed by atoms with E-state index >= 15 is 0 Å². The number of para-hydroxylation sites is 1. The Hall–Kier alpha value is -4.33. The van der Waals surface area contributed by atoms with Crippen LogP contribution in [-0.2, 0) is 6.61 Å². The standard InChI is InChI=1S/C35H33Cl2N3O4/c1-6-43-32-15-22(4)28(18-27(32)21(2)3)34-39-30-10-8-7-9-26(30)35(41)40(34)38-19-23-11-14-31(33(16-23)42-5)44-20-24-12-13-25(36)17-29(24)37/h7-19,21H,6,20H2,1-5H3. The number of methoxy groups -OCH3 is 1. The molecular weight excluding hydrogens is 597 g/mol. The van der Waals surface area contributed by atoms with Crippen molar-refractivity contribution in [2.45, 2.75) is 40.2 Å². The van der Waals surface area contributed by atoms with E-state index in [0.29, 0.717) is 50.4 Å². The van der Waals surface area contributed by atoms with Gasteiger partial charge in [0.15, 0.2) is 17.3 Å². The number of aryl methyl sites for hydroxylation is 1. The number of aromatic nitrogens is 2. The maximum atomic E-state index is 13.8. The molecule has 0 amide bonds. The van der Waals surface area contributed by atoms with Gasteiger partial charge in [-0.3, -0.25) is 4.79 Å². The lowest BCUT2D eigenvalue weighted by atomic mass is 9.96. The molecule has 0 aliphatic rings. The Morgan fingerprint density at radius 3 is 2.48 bits per heavy atom. The first-order chi connectivity index (χ1) is 21.2. The van der Waals surface area contributed by atoms with E-state index in [4.69, 9.17) is 42.4 Å². The SMILES string of the molecule is CCOc1cc(C)c(-c2nc3ccccc3c(=O)n2N=Cc2ccc(OCc3ccc(Cl)cc3Cl)c(OC)c2)cc1C(C)C. The molecule has 5 aromatic rings. The van der Waals surface area contributed by atoms with E-state index in [0.717, 1.165) is 28.0 Å². The van der Waals surface area contributed by atoms with E-state index in [9.17, 15) is 4.79 Å². The molecule has 4 aromatic carbocycles. The summed E-state index contributed by atoms with van der Waals surface area (Å²) in [6, 6.07) is 22.0. The highest BCUT2D eigenvalue weighted by Crippen LogP contribution is 2.35. The smallest absolute Gasteiger partial charge is 0.282 e. The van der Waals surface area contributed by atoms with E-state index < -0.39 is 0 Å². The predicted octanol–water partition coefficient (Wildman–Crippen LogP) is 8.67. The average Bonchev–Trinajstić information content (AvgIpc) is 3.00. The minimum Gasteiger partial charge on any atom is -0.494 e. The summed E-state index contributed by atoms with van der Waals surface area (Å²) in [4.78, 5) is 18.7. The number of hydrogen-bond acceptors (Lipinski definition) is 6. The molecule has 0 fully saturated rings. The molecule has 44 heavy (non-hydrogen) atoms. The van der Waals surface area contributed by atoms with Crippen LogP contribution in [0.25, 0.3) is 22.3 Å². The number of nitrogens with zero attached hydrogens (tertiary/aromatic N) is 3. The second kappa shape index (κ2) is 13.5. The molecule has 0 atom stereocenters. The van der Waals surface area contributed by atoms with Gasteiger partial charge in [0.2, 0.25) is 0 Å². The Kier molecular flexibility index (Phi) is 9.57. The highest BCUT2D eigenvalue weighted by atomic mass is 35.5. The van der Waals surface area contributed by atoms with Crippen molar-refractivity contribution in [3.63, 3.8) is 0 Å². The van der Waals surface area contributed by atoms with Crippen LogP contribution in [0.15, 0.2) is 82.7 Å². The number of rotatable bonds is 10. The molecule has 9 heteroatoms. The Labute approximate surface area is 266 Å². The van der Waals surface area contributed by atoms with E-state index in [1.165, 1.54) is 4.68 Å². The van der Waals surface area contributed by atoms with Crippen molar-refractivity contribution in [1.82, 2.24) is 9.66 Å². The molecule has 0 aliphatic carbocycles. The number of hydrogen-bond donors (Lipinski definition) is 0. The molecule has 226 valence electrons. The van der Waals surface area contributed by atoms with Crippen molar-refractivity contribution >= 4 is 40.3 Å². The van der Waals surface area contributed by atoms with Crippen LogP contribution < -0.4 is 19.8 Å². The molecule has 1 aromatic heterocycles. The molecule has 0 unspecified atom stereocenters. The normalized spacial score (nSPS) is 11.5. The molecule has 0 N–H and O–H groups in total. The molecule has 0 bridgehead atoms. The second-order valence-electron chi connectivity index (χ2n) is 10.5. The van der Waals surface area contributed by atoms with E-state index in [-0.39, 0.29) is 18.1 Å². The average molecular weight is 631 g/mol. The van der Waals surface area contributed by atoms with Gasteiger partial charge in [-0.1, -0.05) is 55.2 Å². The number of fused-ring (bicyclic) bond motifs is 1. The summed E-state index contributed by atoms with van der Waals surface area (Å²) >= 11 is 12.3. The highest BCUT2D eigenvalue weighted by Gasteiger charge is 2.19. The summed E-state index contributed by atoms with van der Waals surface area (Å²) < 4.78 is 18.9. The van der Waals surface area contributed by atoms with Crippen molar-refractivity contribution in [2.24, 2.45) is 5.10 Å². The predicted molar refractivity (Wildman–Crippen MR) is 178 cm³/mol. The van der Waals surface area contributed by atoms with Gasteiger partial charge in [-0.2, -0.15) is 9.78 Å². The maximum Gasteiger partial charge on any atom is 0.282 e. The Morgan fingerprint density at radius 1 is 0.955 bits per heavy atom. The molecule has 0 radical (unpaired) electrons. The topological polar surface area (TPSA) is 74.9 Å². The second-order valence-corrected chi connectivity index (χ2v) is 11.4. The number of benzene rings is 4. The Morgan fingerprint density at radius 2 is 1.75 bits per heavy atom. The third kappa shape index (κ3) is 6.59. The summed E-state index contributed by atoms with van der Waals surface area (Å²) in [5.41, 5.74) is 4.59. The first-order valence-corrected chi connectivity index (χ1v) is 15.0. The van der Waals surface area contributed by atoms with Crippen molar-refractivity contribution in [3.05, 3.63) is 115 Å². The third-order valence-electron chi connectivity index (χ3n) is 7.18. The summed E-state index contributed by atoms with van der Waals surface area (Å²) in [6.07, 6.45) is 1.61. The summed E-state index contributed by atoms with van der Waals surface area (Å²) in [5.74, 6) is 2.51. The molecular formula is C35H33Cl2N3O4. The lowest BCUT2D eigenvalue weighted by Crippen LogP contribution is -2.21. The van der Waals surface area contributed by atoms with Crippen LogP contribution >= 0.6 is 23.2 Å². The Bertz CT molecular complexity index is 1920. The largest absolute Gasteiger partial charge is 0.494 e. The van der Waals surface area contributed by atoms with Gasteiger partial charge in [0.25, 0.3) is 5.56 Å². The van der Waals surface area contributed by atoms with Gasteiger partial charge in [0, 0.05) is 21.2 Å². The number of halogens is 2. The van der Waals surface area contributed by atoms with E-state index in [1.807, 2.05) is 50.2 Å². The van der Waals surface area contributed by atoms with Gasteiger partial charge < -0.3 is 14.2 Å². The first kappa shape index (κ1) is 31.1. The lowest BCUT2D eigenvalue weighted by Gasteiger charge is -2.18. The van der Waals surface area contributed by atoms with Crippen LogP contribution in [0.2, 0.25) is 10.0 Å². The zero-order valence-electron chi connectivity index (χ0n) is 25.2. The summed E-state index contributed by atoms with van der Waals surface area (Å²) in [5, 5.41) is 6.21. The molecule has 5 rings (SSSR count). The Balaban J connectivity index is 1.55. The van der Waals surface area contributed by atoms with Crippen LogP contribution in [-0.4, -0.2) is 29.6 Å². The van der Waals surface area contributed by atoms with Crippen LogP contribution in [0.1, 0.15) is 48.9 Å². The summed E-state index contributed by atoms with van der Waals surface area (Å²) in [7, 11) is 1.56. The number of ether oxygens (including phenoxy) is 3. The van der Waals surface area contributed by atoms with Gasteiger partial charge >= 0.3 is 0 Å². The minimum absolute atomic E-state index is 0.198. The third-order valence-corrected chi connectivity index (χ3v) is 7.77. The van der Waals surface area contributed by atoms with E-state index in [1.54, 1.807) is 43.7 Å². The fourth-order valence-corrected chi connectivity index (χ4v) is 5.34. The fraction of sp³-hybridized carbons (Fsp3) is 0.229. The molecule has 0 spiro atoms. The quantitative estimate of drug-likeness (QED) is 0.144. The van der Waals surface area contributed by atoms with Crippen LogP contribution in [0, 0.1) is 6.92 Å². The molecule has 0 saturated heterocycles. The van der Waals surface area contributed by atoms with Crippen LogP contribution in [0.4, 0.5) is 0 Å². The van der Waals surface area contributed by atoms with Crippen molar-refractivity contribution < 1.29 is 14.2 Å². The highest BCUT2D eigenvalue weighted by molar-refractivity contribution is 6.35. The van der Waals surface area contributed by atoms with Gasteiger partial charge in [-0.25, -0.2) is 4.98 Å². The summed E-state index contributed by atoms with van der Waals surface area (Å²) in [6.45, 7) is 8.97. The minimum atomic E-state index is -0.270. The molecule has 0 aliphatic heterocycles. The molecule has 0 saturated carbocycles. The fourth-order valence-electron chi connectivity index (χ4n) is 4.88. The van der Waals surface area contributed by atoms with Crippen LogP contribution in [0.5, 0.6) is 17.2 Å². The van der Waals surface area contributed by atoms with Gasteiger partial charge in [-0.15, -0.1) is 0 Å². The molecule has 1 heterocycles. The van der Waals surface area contributed by atoms with Crippen molar-refractivity contribution in [3.8, 4) is 28.6 Å². The van der Waals surface area contributed by atoms with Gasteiger partial charge in [0.1, 0.15) is 12.4 Å². The molecule has 7 nitrogen and oxygen atoms in total. The van der Waals surface area contributed by atoms with Gasteiger partial charge in [0.05, 0.1) is 30.8 Å².